The normalized spacial score (nSPS) is 14.2. The van der Waals surface area contributed by atoms with E-state index in [0.717, 1.165) is 0 Å². The minimum atomic E-state index is -0.376. The van der Waals surface area contributed by atoms with Crippen molar-refractivity contribution in [1.82, 2.24) is 0 Å². The van der Waals surface area contributed by atoms with Gasteiger partial charge in [-0.2, -0.15) is 0 Å². The molecule has 3 aliphatic rings. The first-order chi connectivity index (χ1) is 22.8. The molecule has 0 fully saturated rings. The van der Waals surface area contributed by atoms with Gasteiger partial charge in [-0.3, -0.25) is 0 Å². The Morgan fingerprint density at radius 1 is 0.348 bits per heavy atom. The molecule has 0 amide bonds. The summed E-state index contributed by atoms with van der Waals surface area (Å²) in [5.74, 6) is 0. The van der Waals surface area contributed by atoms with E-state index in [-0.39, 0.29) is 5.41 Å². The number of benzene rings is 8. The van der Waals surface area contributed by atoms with Crippen molar-refractivity contribution in [1.29, 1.82) is 0 Å². The average molecular weight is 599 g/mol. The van der Waals surface area contributed by atoms with E-state index in [2.05, 4.69) is 158 Å². The van der Waals surface area contributed by atoms with E-state index in [4.69, 9.17) is 0 Å². The van der Waals surface area contributed by atoms with E-state index in [1.165, 1.54) is 98.1 Å². The van der Waals surface area contributed by atoms with Crippen LogP contribution in [0.1, 0.15) is 22.3 Å². The molecule has 0 saturated heterocycles. The van der Waals surface area contributed by atoms with Crippen LogP contribution >= 0.6 is 11.8 Å². The highest BCUT2D eigenvalue weighted by Gasteiger charge is 2.51. The second kappa shape index (κ2) is 8.88. The molecule has 1 aliphatic heterocycles. The van der Waals surface area contributed by atoms with Crippen molar-refractivity contribution in [3.05, 3.63) is 180 Å². The van der Waals surface area contributed by atoms with Gasteiger partial charge in [-0.1, -0.05) is 139 Å². The molecular weight excluding hydrogens is 573 g/mol. The number of rotatable bonds is 1. The lowest BCUT2D eigenvalue weighted by Gasteiger charge is -2.31. The van der Waals surface area contributed by atoms with Crippen LogP contribution < -0.4 is 0 Å². The van der Waals surface area contributed by atoms with Crippen molar-refractivity contribution in [2.45, 2.75) is 15.2 Å². The number of hydrogen-bond donors (Lipinski definition) is 0. The summed E-state index contributed by atoms with van der Waals surface area (Å²) in [5, 5.41) is 5.26. The number of fused-ring (bicyclic) bond motifs is 13. The van der Waals surface area contributed by atoms with E-state index in [9.17, 15) is 0 Å². The van der Waals surface area contributed by atoms with Crippen LogP contribution in [-0.4, -0.2) is 0 Å². The van der Waals surface area contributed by atoms with Crippen molar-refractivity contribution >= 4 is 33.3 Å². The van der Waals surface area contributed by atoms with E-state index in [0.29, 0.717) is 0 Å². The van der Waals surface area contributed by atoms with Gasteiger partial charge >= 0.3 is 0 Å². The van der Waals surface area contributed by atoms with Crippen LogP contribution in [0.15, 0.2) is 168 Å². The highest BCUT2D eigenvalue weighted by Crippen LogP contribution is 2.63. The molecule has 0 aromatic heterocycles. The van der Waals surface area contributed by atoms with Crippen molar-refractivity contribution in [2.24, 2.45) is 0 Å². The summed E-state index contributed by atoms with van der Waals surface area (Å²) in [6.45, 7) is 0. The van der Waals surface area contributed by atoms with Gasteiger partial charge in [0.1, 0.15) is 0 Å². The van der Waals surface area contributed by atoms with E-state index in [1.807, 2.05) is 11.8 Å². The van der Waals surface area contributed by atoms with Crippen LogP contribution in [0.2, 0.25) is 0 Å². The summed E-state index contributed by atoms with van der Waals surface area (Å²) in [5.41, 5.74) is 15.7. The monoisotopic (exact) mass is 598 g/mol. The Balaban J connectivity index is 1.23. The molecule has 2 aliphatic carbocycles. The highest BCUT2D eigenvalue weighted by molar-refractivity contribution is 7.99. The molecule has 0 unspecified atom stereocenters. The molecular formula is C45H26S. The fourth-order valence-corrected chi connectivity index (χ4v) is 9.95. The third kappa shape index (κ3) is 3.02. The molecule has 1 spiro atoms. The quantitative estimate of drug-likeness (QED) is 0.181. The van der Waals surface area contributed by atoms with E-state index >= 15 is 0 Å². The van der Waals surface area contributed by atoms with Crippen molar-refractivity contribution in [3.63, 3.8) is 0 Å². The highest BCUT2D eigenvalue weighted by atomic mass is 32.2. The molecule has 1 heterocycles. The molecule has 0 radical (unpaired) electrons. The molecule has 0 saturated carbocycles. The summed E-state index contributed by atoms with van der Waals surface area (Å²) in [4.78, 5) is 2.67. The minimum Gasteiger partial charge on any atom is -0.0888 e. The van der Waals surface area contributed by atoms with Gasteiger partial charge in [-0.15, -0.1) is 0 Å². The second-order valence-corrected chi connectivity index (χ2v) is 13.9. The topological polar surface area (TPSA) is 0 Å². The first kappa shape index (κ1) is 24.9. The van der Waals surface area contributed by atoms with Crippen molar-refractivity contribution in [2.75, 3.05) is 0 Å². The van der Waals surface area contributed by atoms with Gasteiger partial charge in [0.05, 0.1) is 5.41 Å². The van der Waals surface area contributed by atoms with Crippen LogP contribution in [0.25, 0.3) is 66.1 Å². The maximum absolute atomic E-state index is 2.52. The average Bonchev–Trinajstić information content (AvgIpc) is 3.57. The van der Waals surface area contributed by atoms with Gasteiger partial charge in [-0.25, -0.2) is 0 Å². The molecule has 0 bridgehead atoms. The van der Waals surface area contributed by atoms with Crippen LogP contribution in [0.5, 0.6) is 0 Å². The number of hydrogen-bond acceptors (Lipinski definition) is 1. The van der Waals surface area contributed by atoms with Crippen LogP contribution in [-0.2, 0) is 5.41 Å². The smallest absolute Gasteiger partial charge is 0.0725 e. The fraction of sp³-hybridized carbons (Fsp3) is 0.0222. The summed E-state index contributed by atoms with van der Waals surface area (Å²) in [6, 6.07) is 59.5. The Morgan fingerprint density at radius 3 is 1.76 bits per heavy atom. The lowest BCUT2D eigenvalue weighted by molar-refractivity contribution is 0.795. The largest absolute Gasteiger partial charge is 0.0888 e. The zero-order chi connectivity index (χ0) is 30.0. The molecule has 212 valence electrons. The first-order valence-corrected chi connectivity index (χ1v) is 16.8. The third-order valence-electron chi connectivity index (χ3n) is 10.7. The zero-order valence-electron chi connectivity index (χ0n) is 24.9. The lowest BCUT2D eigenvalue weighted by Crippen LogP contribution is -2.25. The molecule has 0 atom stereocenters. The summed E-state index contributed by atoms with van der Waals surface area (Å²) >= 11 is 1.89. The maximum Gasteiger partial charge on any atom is 0.0725 e. The van der Waals surface area contributed by atoms with Gasteiger partial charge in [0.2, 0.25) is 0 Å². The SMILES string of the molecule is c1ccc2c(c1)Sc1ccc(-c3ccc4c(c3)C3(c5ccccc5-c5ccccc53)c3cc5ccccc5cc3-4)c3cccc-2c13. The zero-order valence-corrected chi connectivity index (χ0v) is 25.7. The molecule has 8 aromatic carbocycles. The summed E-state index contributed by atoms with van der Waals surface area (Å²) in [6.07, 6.45) is 0. The summed E-state index contributed by atoms with van der Waals surface area (Å²) in [7, 11) is 0. The third-order valence-corrected chi connectivity index (χ3v) is 11.8. The Bertz CT molecular complexity index is 2580. The minimum absolute atomic E-state index is 0.376. The molecule has 46 heavy (non-hydrogen) atoms. The molecule has 0 N–H and O–H groups in total. The van der Waals surface area contributed by atoms with Gasteiger partial charge in [-0.05, 0) is 113 Å². The molecule has 11 rings (SSSR count). The van der Waals surface area contributed by atoms with E-state index in [1.54, 1.807) is 0 Å². The molecule has 0 nitrogen and oxygen atoms in total. The predicted molar refractivity (Wildman–Crippen MR) is 193 cm³/mol. The first-order valence-electron chi connectivity index (χ1n) is 16.0. The lowest BCUT2D eigenvalue weighted by atomic mass is 9.70. The Hall–Kier alpha value is -5.37. The van der Waals surface area contributed by atoms with E-state index < -0.39 is 0 Å². The standard InChI is InChI=1S/C45H26S/c1-2-11-28-25-41-37(24-27(28)10-1)33-21-20-29(26-40(33)45(41)38-17-6-3-12-31(38)32-13-4-7-18-39(32)45)30-22-23-43-44-35(30)15-9-16-36(44)34-14-5-8-19-42(34)46-43/h1-26H. The van der Waals surface area contributed by atoms with Crippen molar-refractivity contribution < 1.29 is 0 Å². The van der Waals surface area contributed by atoms with Gasteiger partial charge in [0, 0.05) is 15.2 Å². The van der Waals surface area contributed by atoms with Gasteiger partial charge in [0.25, 0.3) is 0 Å². The second-order valence-electron chi connectivity index (χ2n) is 12.8. The van der Waals surface area contributed by atoms with Crippen LogP contribution in [0.3, 0.4) is 0 Å². The Labute approximate surface area is 272 Å². The Kier molecular flexibility index (Phi) is 4.80. The Morgan fingerprint density at radius 2 is 0.957 bits per heavy atom. The van der Waals surface area contributed by atoms with Crippen LogP contribution in [0.4, 0.5) is 0 Å². The van der Waals surface area contributed by atoms with Crippen molar-refractivity contribution in [3.8, 4) is 44.5 Å². The maximum atomic E-state index is 2.52. The van der Waals surface area contributed by atoms with Gasteiger partial charge in [0.15, 0.2) is 0 Å². The van der Waals surface area contributed by atoms with Gasteiger partial charge < -0.3 is 0 Å². The summed E-state index contributed by atoms with van der Waals surface area (Å²) < 4.78 is 0. The van der Waals surface area contributed by atoms with Crippen LogP contribution in [0, 0.1) is 0 Å². The molecule has 1 heteroatoms. The fourth-order valence-electron chi connectivity index (χ4n) is 8.82. The predicted octanol–water partition coefficient (Wildman–Crippen LogP) is 12.1. The molecule has 8 aromatic rings.